The summed E-state index contributed by atoms with van der Waals surface area (Å²) < 4.78 is 10.3. The Bertz CT molecular complexity index is 1850. The molecule has 3 amide bonds. The molecule has 13 heteroatoms. The molecule has 3 rings (SSSR count). The van der Waals surface area contributed by atoms with E-state index >= 15 is 0 Å². The van der Waals surface area contributed by atoms with E-state index in [1.807, 2.05) is 39.8 Å². The maximum absolute atomic E-state index is 14.2. The average molecular weight is 721 g/mol. The number of carbonyl (C=O) groups is 4. The van der Waals surface area contributed by atoms with E-state index in [4.69, 9.17) is 9.47 Å². The maximum atomic E-state index is 14.2. The first-order valence-corrected chi connectivity index (χ1v) is 16.8. The molecule has 0 aliphatic carbocycles. The number of phenols is 1. The number of carbonyl (C=O) groups excluding carboxylic acids is 4. The van der Waals surface area contributed by atoms with Gasteiger partial charge >= 0.3 is 12.1 Å². The number of allylic oxidation sites excluding steroid dienone is 1. The minimum absolute atomic E-state index is 0.0818. The predicted molar refractivity (Wildman–Crippen MR) is 200 cm³/mol. The quantitative estimate of drug-likeness (QED) is 0.0929. The Morgan fingerprint density at radius 2 is 1.53 bits per heavy atom. The number of aryl methyl sites for hydroxylation is 2. The summed E-state index contributed by atoms with van der Waals surface area (Å²) in [7, 11) is 1.17. The third-order valence-electron chi connectivity index (χ3n) is 7.76. The second kappa shape index (κ2) is 16.4. The molecule has 0 fully saturated rings. The van der Waals surface area contributed by atoms with Gasteiger partial charge in [0.05, 0.1) is 7.11 Å². The van der Waals surface area contributed by atoms with Gasteiger partial charge in [0.2, 0.25) is 0 Å². The highest BCUT2D eigenvalue weighted by molar-refractivity contribution is 7.90. The van der Waals surface area contributed by atoms with Crippen molar-refractivity contribution in [3.8, 4) is 16.9 Å². The SMILES string of the molecule is COC(=O)c1nc(C(=O)NC(C)(C)CCO)ccc1-c1cc(O)c(C(S)=C(C)C)cc1C(=O)Nc1c(C)cc(CNC(=O)OC(C)(C)C)cc1C. The summed E-state index contributed by atoms with van der Waals surface area (Å²) in [6.07, 6.45) is -0.264. The highest BCUT2D eigenvalue weighted by Crippen LogP contribution is 2.38. The van der Waals surface area contributed by atoms with Gasteiger partial charge in [-0.25, -0.2) is 14.6 Å². The van der Waals surface area contributed by atoms with Gasteiger partial charge in [0.15, 0.2) is 5.69 Å². The summed E-state index contributed by atoms with van der Waals surface area (Å²) in [5, 5.41) is 29.1. The lowest BCUT2D eigenvalue weighted by Crippen LogP contribution is -2.44. The fraction of sp³-hybridized carbons (Fsp3) is 0.395. The van der Waals surface area contributed by atoms with Crippen LogP contribution in [0.3, 0.4) is 0 Å². The number of nitrogens with one attached hydrogen (secondary N) is 3. The Morgan fingerprint density at radius 1 is 0.902 bits per heavy atom. The van der Waals surface area contributed by atoms with Gasteiger partial charge in [-0.1, -0.05) is 17.7 Å². The smallest absolute Gasteiger partial charge is 0.407 e. The van der Waals surface area contributed by atoms with Crippen molar-refractivity contribution >= 4 is 47.1 Å². The number of alkyl carbamates (subject to hydrolysis) is 1. The lowest BCUT2D eigenvalue weighted by atomic mass is 9.93. The number of ether oxygens (including phenoxy) is 2. The number of hydrogen-bond acceptors (Lipinski definition) is 10. The van der Waals surface area contributed by atoms with Crippen LogP contribution in [-0.4, -0.2) is 63.9 Å². The number of nitrogens with zero attached hydrogens (tertiary/aromatic N) is 1. The Kier molecular flexibility index (Phi) is 13.1. The summed E-state index contributed by atoms with van der Waals surface area (Å²) in [6.45, 7) is 16.2. The van der Waals surface area contributed by atoms with E-state index in [0.717, 1.165) is 22.3 Å². The number of anilines is 1. The lowest BCUT2D eigenvalue weighted by Gasteiger charge is -2.25. The zero-order chi connectivity index (χ0) is 38.4. The molecule has 0 saturated carbocycles. The van der Waals surface area contributed by atoms with Crippen LogP contribution in [0.25, 0.3) is 16.0 Å². The van der Waals surface area contributed by atoms with Crippen molar-refractivity contribution in [3.63, 3.8) is 0 Å². The topological polar surface area (TPSA) is 176 Å². The van der Waals surface area contributed by atoms with Crippen LogP contribution in [0.5, 0.6) is 5.75 Å². The fourth-order valence-electron chi connectivity index (χ4n) is 5.25. The molecule has 0 bridgehead atoms. The summed E-state index contributed by atoms with van der Waals surface area (Å²) >= 11 is 4.58. The number of rotatable bonds is 11. The van der Waals surface area contributed by atoms with E-state index in [-0.39, 0.29) is 53.4 Å². The Hall–Kier alpha value is -4.88. The van der Waals surface area contributed by atoms with Crippen LogP contribution in [0.15, 0.2) is 42.0 Å². The van der Waals surface area contributed by atoms with Crippen molar-refractivity contribution in [2.45, 2.75) is 86.4 Å². The number of pyridine rings is 1. The van der Waals surface area contributed by atoms with Gasteiger partial charge in [-0.2, -0.15) is 0 Å². The summed E-state index contributed by atoms with van der Waals surface area (Å²) in [6, 6.07) is 9.37. The number of aliphatic hydroxyl groups excluding tert-OH is 1. The van der Waals surface area contributed by atoms with Gasteiger partial charge < -0.3 is 35.6 Å². The highest BCUT2D eigenvalue weighted by atomic mass is 32.1. The molecule has 0 unspecified atom stereocenters. The summed E-state index contributed by atoms with van der Waals surface area (Å²) in [5.74, 6) is -2.22. The Morgan fingerprint density at radius 3 is 2.08 bits per heavy atom. The first kappa shape index (κ1) is 40.5. The van der Waals surface area contributed by atoms with E-state index in [2.05, 4.69) is 33.6 Å². The first-order chi connectivity index (χ1) is 23.7. The fourth-order valence-corrected chi connectivity index (χ4v) is 5.43. The number of benzene rings is 2. The van der Waals surface area contributed by atoms with Gasteiger partial charge in [-0.05, 0) is 110 Å². The molecule has 1 heterocycles. The van der Waals surface area contributed by atoms with E-state index in [0.29, 0.717) is 16.2 Å². The van der Waals surface area contributed by atoms with Crippen molar-refractivity contribution in [3.05, 3.63) is 81.2 Å². The molecule has 5 N–H and O–H groups in total. The average Bonchev–Trinajstić information content (AvgIpc) is 3.03. The van der Waals surface area contributed by atoms with E-state index < -0.39 is 35.0 Å². The number of aliphatic hydroxyl groups is 1. The predicted octanol–water partition coefficient (Wildman–Crippen LogP) is 6.71. The third kappa shape index (κ3) is 10.6. The molecule has 0 radical (unpaired) electrons. The Balaban J connectivity index is 2.13. The van der Waals surface area contributed by atoms with E-state index in [9.17, 15) is 29.4 Å². The van der Waals surface area contributed by atoms with Crippen LogP contribution in [0.1, 0.15) is 108 Å². The molecule has 12 nitrogen and oxygen atoms in total. The molecular formula is C38H48N4O8S. The number of hydrogen-bond donors (Lipinski definition) is 6. The van der Waals surface area contributed by atoms with Crippen LogP contribution >= 0.6 is 12.6 Å². The van der Waals surface area contributed by atoms with Crippen LogP contribution in [0.2, 0.25) is 0 Å². The number of esters is 1. The van der Waals surface area contributed by atoms with Gasteiger partial charge in [-0.3, -0.25) is 9.59 Å². The Labute approximate surface area is 304 Å². The van der Waals surface area contributed by atoms with Crippen molar-refractivity contribution in [1.82, 2.24) is 15.6 Å². The standard InChI is InChI=1S/C38H48N4O8S/c1-20(2)32(51)27-17-26(33(45)41-30-21(3)15-23(16-22(30)4)19-39-36(48)50-37(5,6)7)25(18-29(27)44)24-11-12-28(40-31(24)35(47)49-10)34(46)42-38(8,9)13-14-43/h11-12,15-18,43-44,51H,13-14,19H2,1-10H3,(H,39,48)(H,41,45)(H,42,46). The molecule has 1 aromatic heterocycles. The number of phenolic OH excluding ortho intramolecular Hbond substituents is 1. The van der Waals surface area contributed by atoms with Crippen molar-refractivity contribution in [1.29, 1.82) is 0 Å². The monoisotopic (exact) mass is 720 g/mol. The molecule has 2 aromatic carbocycles. The minimum Gasteiger partial charge on any atom is -0.507 e. The van der Waals surface area contributed by atoms with Gasteiger partial charge in [-0.15, -0.1) is 12.6 Å². The number of thiol groups is 1. The van der Waals surface area contributed by atoms with Crippen LogP contribution in [0, 0.1) is 13.8 Å². The van der Waals surface area contributed by atoms with Crippen molar-refractivity contribution in [2.75, 3.05) is 19.0 Å². The minimum atomic E-state index is -0.870. The number of aromatic hydroxyl groups is 1. The molecule has 0 saturated heterocycles. The van der Waals surface area contributed by atoms with E-state index in [1.165, 1.54) is 31.4 Å². The second-order valence-corrected chi connectivity index (χ2v) is 14.5. The van der Waals surface area contributed by atoms with Crippen LogP contribution < -0.4 is 16.0 Å². The maximum Gasteiger partial charge on any atom is 0.407 e. The number of methoxy groups -OCH3 is 1. The first-order valence-electron chi connectivity index (χ1n) is 16.3. The van der Waals surface area contributed by atoms with Crippen molar-refractivity contribution < 1.29 is 38.9 Å². The molecule has 3 aromatic rings. The van der Waals surface area contributed by atoms with Gasteiger partial charge in [0.25, 0.3) is 11.8 Å². The number of amides is 3. The van der Waals surface area contributed by atoms with Gasteiger partial charge in [0.1, 0.15) is 17.0 Å². The van der Waals surface area contributed by atoms with Crippen LogP contribution in [-0.2, 0) is 16.0 Å². The number of aromatic nitrogens is 1. The second-order valence-electron chi connectivity index (χ2n) is 14.1. The molecular weight excluding hydrogens is 673 g/mol. The van der Waals surface area contributed by atoms with Crippen LogP contribution in [0.4, 0.5) is 10.5 Å². The normalized spacial score (nSPS) is 11.4. The zero-order valence-corrected chi connectivity index (χ0v) is 31.7. The molecule has 51 heavy (non-hydrogen) atoms. The molecule has 0 spiro atoms. The summed E-state index contributed by atoms with van der Waals surface area (Å²) in [5.41, 5.74) is 2.46. The molecule has 0 aliphatic heterocycles. The molecule has 274 valence electrons. The molecule has 0 aliphatic rings. The highest BCUT2D eigenvalue weighted by Gasteiger charge is 2.27. The third-order valence-corrected chi connectivity index (χ3v) is 8.45. The molecule has 0 atom stereocenters. The van der Waals surface area contributed by atoms with E-state index in [1.54, 1.807) is 34.6 Å². The summed E-state index contributed by atoms with van der Waals surface area (Å²) in [4.78, 5) is 57.4. The zero-order valence-electron chi connectivity index (χ0n) is 30.8. The lowest BCUT2D eigenvalue weighted by molar-refractivity contribution is 0.0521. The van der Waals surface area contributed by atoms with Crippen molar-refractivity contribution in [2.24, 2.45) is 0 Å². The largest absolute Gasteiger partial charge is 0.507 e. The van der Waals surface area contributed by atoms with Gasteiger partial charge in [0, 0.05) is 51.5 Å².